The number of hydrogen-bond acceptors (Lipinski definition) is 3. The van der Waals surface area contributed by atoms with Crippen molar-refractivity contribution < 1.29 is 18.0 Å². The maximum absolute atomic E-state index is 13.4. The molecule has 2 aromatic rings. The van der Waals surface area contributed by atoms with Crippen LogP contribution in [0.3, 0.4) is 0 Å². The van der Waals surface area contributed by atoms with Crippen molar-refractivity contribution in [1.82, 2.24) is 15.2 Å². The molecule has 7 heteroatoms. The Morgan fingerprint density at radius 3 is 2.55 bits per heavy atom. The van der Waals surface area contributed by atoms with E-state index in [-0.39, 0.29) is 30.3 Å². The van der Waals surface area contributed by atoms with Crippen molar-refractivity contribution in [2.45, 2.75) is 50.9 Å². The summed E-state index contributed by atoms with van der Waals surface area (Å²) in [5, 5.41) is 3.22. The first-order valence-electron chi connectivity index (χ1n) is 11.0. The highest BCUT2D eigenvalue weighted by Gasteiger charge is 2.36. The second kappa shape index (κ2) is 9.39. The topological polar surface area (TPSA) is 45.2 Å². The lowest BCUT2D eigenvalue weighted by atomic mass is 9.83. The minimum absolute atomic E-state index is 0.0708. The molecule has 1 aromatic carbocycles. The van der Waals surface area contributed by atoms with Gasteiger partial charge in [-0.05, 0) is 61.9 Å². The Kier molecular flexibility index (Phi) is 6.60. The van der Waals surface area contributed by atoms with E-state index >= 15 is 0 Å². The number of piperidine rings is 1. The van der Waals surface area contributed by atoms with E-state index in [0.29, 0.717) is 12.1 Å². The molecule has 166 valence electrons. The second-order valence-corrected chi connectivity index (χ2v) is 8.66. The van der Waals surface area contributed by atoms with Crippen LogP contribution < -0.4 is 5.32 Å². The van der Waals surface area contributed by atoms with E-state index in [1.54, 1.807) is 18.3 Å². The molecule has 2 atom stereocenters. The molecule has 2 fully saturated rings. The number of carbonyl (C=O) groups excluding carboxylic acids is 1. The van der Waals surface area contributed by atoms with Crippen LogP contribution in [0, 0.1) is 11.8 Å². The summed E-state index contributed by atoms with van der Waals surface area (Å²) < 4.78 is 40.2. The quantitative estimate of drug-likeness (QED) is 0.702. The number of nitrogens with zero attached hydrogens (tertiary/aromatic N) is 2. The lowest BCUT2D eigenvalue weighted by Gasteiger charge is -2.38. The van der Waals surface area contributed by atoms with E-state index in [4.69, 9.17) is 0 Å². The molecule has 4 rings (SSSR count). The number of alkyl halides is 3. The summed E-state index contributed by atoms with van der Waals surface area (Å²) in [6.45, 7) is 1.62. The average molecular weight is 432 g/mol. The molecule has 1 aliphatic carbocycles. The van der Waals surface area contributed by atoms with Gasteiger partial charge in [-0.25, -0.2) is 0 Å². The van der Waals surface area contributed by atoms with E-state index in [0.717, 1.165) is 50.4 Å². The van der Waals surface area contributed by atoms with Crippen LogP contribution in [-0.2, 0) is 17.5 Å². The Balaban J connectivity index is 1.50. The van der Waals surface area contributed by atoms with Gasteiger partial charge in [0.05, 0.1) is 17.3 Å². The van der Waals surface area contributed by atoms with Crippen LogP contribution in [0.2, 0.25) is 0 Å². The van der Waals surface area contributed by atoms with Gasteiger partial charge in [0.2, 0.25) is 5.91 Å². The summed E-state index contributed by atoms with van der Waals surface area (Å²) in [4.78, 5) is 19.3. The van der Waals surface area contributed by atoms with Crippen molar-refractivity contribution in [2.75, 3.05) is 13.1 Å². The van der Waals surface area contributed by atoms with Gasteiger partial charge >= 0.3 is 6.18 Å². The summed E-state index contributed by atoms with van der Waals surface area (Å²) in [7, 11) is 0. The van der Waals surface area contributed by atoms with Gasteiger partial charge in [-0.15, -0.1) is 0 Å². The molecule has 0 bridgehead atoms. The smallest absolute Gasteiger partial charge is 0.347 e. The molecular formula is C24H28F3N3O. The molecule has 4 nitrogen and oxygen atoms in total. The summed E-state index contributed by atoms with van der Waals surface area (Å²) >= 11 is 0. The van der Waals surface area contributed by atoms with Crippen molar-refractivity contribution in [2.24, 2.45) is 11.8 Å². The zero-order chi connectivity index (χ0) is 21.8. The summed E-state index contributed by atoms with van der Waals surface area (Å²) in [5.74, 6) is 0.247. The van der Waals surface area contributed by atoms with E-state index in [2.05, 4.69) is 15.2 Å². The number of likely N-dealkylation sites (tertiary alicyclic amines) is 1. The fourth-order valence-electron chi connectivity index (χ4n) is 4.62. The van der Waals surface area contributed by atoms with Crippen LogP contribution in [0.4, 0.5) is 13.2 Å². The molecule has 1 N–H and O–H groups in total. The molecule has 2 unspecified atom stereocenters. The third-order valence-electron chi connectivity index (χ3n) is 6.51. The van der Waals surface area contributed by atoms with Crippen LogP contribution in [0.1, 0.15) is 55.0 Å². The zero-order valence-corrected chi connectivity index (χ0v) is 17.4. The van der Waals surface area contributed by atoms with Gasteiger partial charge < -0.3 is 5.32 Å². The number of aromatic nitrogens is 1. The number of pyridine rings is 1. The molecule has 2 aliphatic rings. The van der Waals surface area contributed by atoms with E-state index in [1.165, 1.54) is 6.07 Å². The lowest BCUT2D eigenvalue weighted by molar-refractivity contribution is -0.138. The first-order valence-corrected chi connectivity index (χ1v) is 11.0. The van der Waals surface area contributed by atoms with Gasteiger partial charge in [0.1, 0.15) is 0 Å². The predicted octanol–water partition coefficient (Wildman–Crippen LogP) is 4.97. The Morgan fingerprint density at radius 2 is 1.87 bits per heavy atom. The molecule has 1 aromatic heterocycles. The first-order chi connectivity index (χ1) is 14.9. The number of rotatable bonds is 6. The lowest BCUT2D eigenvalue weighted by Crippen LogP contribution is -2.45. The Hall–Kier alpha value is -2.41. The highest BCUT2D eigenvalue weighted by atomic mass is 19.4. The number of amides is 1. The van der Waals surface area contributed by atoms with Gasteiger partial charge in [-0.3, -0.25) is 14.7 Å². The fourth-order valence-corrected chi connectivity index (χ4v) is 4.62. The standard InChI is InChI=1S/C24H28F3N3O/c25-24(26,27)20-11-2-1-7-18(20)15-30-14-6-10-19(16-30)22(21-12-3-4-13-28-21)29-23(31)17-8-5-9-17/h1-4,7,11-13,17,19,22H,5-6,8-10,14-16H2,(H,29,31). The third kappa shape index (κ3) is 5.26. The van der Waals surface area contributed by atoms with Gasteiger partial charge in [-0.1, -0.05) is 30.7 Å². The van der Waals surface area contributed by atoms with Crippen molar-refractivity contribution in [3.8, 4) is 0 Å². The molecule has 1 amide bonds. The normalized spacial score (nSPS) is 21.3. The van der Waals surface area contributed by atoms with Gasteiger partial charge in [0, 0.05) is 25.2 Å². The first kappa shape index (κ1) is 21.8. The number of hydrogen-bond donors (Lipinski definition) is 1. The highest BCUT2D eigenvalue weighted by molar-refractivity contribution is 5.79. The number of carbonyl (C=O) groups is 1. The molecule has 0 spiro atoms. The molecular weight excluding hydrogens is 403 g/mol. The number of benzene rings is 1. The zero-order valence-electron chi connectivity index (χ0n) is 17.4. The maximum atomic E-state index is 13.4. The van der Waals surface area contributed by atoms with Crippen molar-refractivity contribution in [3.63, 3.8) is 0 Å². The molecule has 31 heavy (non-hydrogen) atoms. The van der Waals surface area contributed by atoms with Gasteiger partial charge in [-0.2, -0.15) is 13.2 Å². The van der Waals surface area contributed by atoms with Crippen LogP contribution in [0.15, 0.2) is 48.7 Å². The predicted molar refractivity (Wildman–Crippen MR) is 112 cm³/mol. The third-order valence-corrected chi connectivity index (χ3v) is 6.51. The van der Waals surface area contributed by atoms with E-state index in [1.807, 2.05) is 18.2 Å². The Morgan fingerprint density at radius 1 is 1.10 bits per heavy atom. The van der Waals surface area contributed by atoms with Crippen LogP contribution >= 0.6 is 0 Å². The van der Waals surface area contributed by atoms with E-state index < -0.39 is 11.7 Å². The van der Waals surface area contributed by atoms with Crippen molar-refractivity contribution in [3.05, 3.63) is 65.5 Å². The van der Waals surface area contributed by atoms with Gasteiger partial charge in [0.15, 0.2) is 0 Å². The van der Waals surface area contributed by atoms with Gasteiger partial charge in [0.25, 0.3) is 0 Å². The molecule has 1 aliphatic heterocycles. The average Bonchev–Trinajstić information content (AvgIpc) is 2.71. The number of halogens is 3. The van der Waals surface area contributed by atoms with Crippen LogP contribution in [-0.4, -0.2) is 28.9 Å². The molecule has 2 heterocycles. The largest absolute Gasteiger partial charge is 0.416 e. The minimum Gasteiger partial charge on any atom is -0.347 e. The van der Waals surface area contributed by atoms with Crippen LogP contribution in [0.25, 0.3) is 0 Å². The Labute approximate surface area is 180 Å². The highest BCUT2D eigenvalue weighted by Crippen LogP contribution is 2.35. The summed E-state index contributed by atoms with van der Waals surface area (Å²) in [6.07, 6.45) is 2.07. The molecule has 1 saturated carbocycles. The van der Waals surface area contributed by atoms with E-state index in [9.17, 15) is 18.0 Å². The second-order valence-electron chi connectivity index (χ2n) is 8.66. The maximum Gasteiger partial charge on any atom is 0.416 e. The number of nitrogens with one attached hydrogen (secondary N) is 1. The molecule has 1 saturated heterocycles. The summed E-state index contributed by atoms with van der Waals surface area (Å²) in [6, 6.07) is 11.2. The van der Waals surface area contributed by atoms with Crippen LogP contribution in [0.5, 0.6) is 0 Å². The monoisotopic (exact) mass is 431 g/mol. The fraction of sp³-hybridized carbons (Fsp3) is 0.500. The minimum atomic E-state index is -4.36. The van der Waals surface area contributed by atoms with Crippen molar-refractivity contribution >= 4 is 5.91 Å². The van der Waals surface area contributed by atoms with Crippen molar-refractivity contribution in [1.29, 1.82) is 0 Å². The SMILES string of the molecule is O=C(NC(c1ccccn1)C1CCCN(Cc2ccccc2C(F)(F)F)C1)C1CCC1. The summed E-state index contributed by atoms with van der Waals surface area (Å²) in [5.41, 5.74) is 0.540. The molecule has 0 radical (unpaired) electrons. The Bertz CT molecular complexity index is 883.